The highest BCUT2D eigenvalue weighted by atomic mass is 16.2. The summed E-state index contributed by atoms with van der Waals surface area (Å²) in [7, 11) is 0. The van der Waals surface area contributed by atoms with Crippen LogP contribution in [0.5, 0.6) is 0 Å². The zero-order chi connectivity index (χ0) is 15.5. The largest absolute Gasteiger partial charge is 0.336 e. The molecule has 114 valence electrons. The van der Waals surface area contributed by atoms with Crippen molar-refractivity contribution in [2.45, 2.75) is 25.9 Å². The predicted octanol–water partition coefficient (Wildman–Crippen LogP) is 2.46. The van der Waals surface area contributed by atoms with Gasteiger partial charge in [-0.25, -0.2) is 0 Å². The first-order chi connectivity index (χ1) is 10.6. The van der Waals surface area contributed by atoms with Gasteiger partial charge in [-0.15, -0.1) is 0 Å². The minimum absolute atomic E-state index is 0.0631. The number of hydrogen-bond acceptors (Lipinski definition) is 3. The quantitative estimate of drug-likeness (QED) is 0.866. The van der Waals surface area contributed by atoms with Gasteiger partial charge in [0, 0.05) is 48.4 Å². The average molecular weight is 295 g/mol. The number of aromatic nitrogens is 1. The number of hydrogen-bond donors (Lipinski definition) is 1. The Kier molecular flexibility index (Phi) is 4.20. The summed E-state index contributed by atoms with van der Waals surface area (Å²) < 4.78 is 0. The lowest BCUT2D eigenvalue weighted by molar-refractivity contribution is -0.127. The van der Waals surface area contributed by atoms with Crippen molar-refractivity contribution in [2.75, 3.05) is 13.1 Å². The van der Waals surface area contributed by atoms with Crippen LogP contribution in [0.3, 0.4) is 0 Å². The minimum atomic E-state index is 0.0631. The van der Waals surface area contributed by atoms with Crippen LogP contribution in [0.4, 0.5) is 0 Å². The van der Waals surface area contributed by atoms with E-state index in [2.05, 4.69) is 24.1 Å². The van der Waals surface area contributed by atoms with Gasteiger partial charge in [0.05, 0.1) is 5.52 Å². The van der Waals surface area contributed by atoms with E-state index in [1.807, 2.05) is 41.3 Å². The van der Waals surface area contributed by atoms with Gasteiger partial charge in [0.15, 0.2) is 0 Å². The Hall–Kier alpha value is -2.20. The Morgan fingerprint density at radius 3 is 2.73 bits per heavy atom. The van der Waals surface area contributed by atoms with Crippen LogP contribution in [0.15, 0.2) is 42.6 Å². The number of para-hydroxylation sites is 1. The van der Waals surface area contributed by atoms with E-state index in [0.29, 0.717) is 12.1 Å². The molecule has 1 amide bonds. The van der Waals surface area contributed by atoms with Gasteiger partial charge in [-0.05, 0) is 26.0 Å². The smallest absolute Gasteiger partial charge is 0.246 e. The number of pyridine rings is 1. The van der Waals surface area contributed by atoms with Gasteiger partial charge in [-0.2, -0.15) is 0 Å². The summed E-state index contributed by atoms with van der Waals surface area (Å²) in [6.45, 7) is 5.71. The lowest BCUT2D eigenvalue weighted by Gasteiger charge is -2.35. The number of nitrogens with one attached hydrogen (secondary N) is 1. The molecule has 4 heteroatoms. The van der Waals surface area contributed by atoms with Crippen molar-refractivity contribution >= 4 is 22.9 Å². The molecular weight excluding hydrogens is 274 g/mol. The Balaban J connectivity index is 1.79. The summed E-state index contributed by atoms with van der Waals surface area (Å²) in [5.74, 6) is 0.0631. The van der Waals surface area contributed by atoms with Crippen LogP contribution in [0.25, 0.3) is 17.0 Å². The second-order valence-electron chi connectivity index (χ2n) is 5.97. The second kappa shape index (κ2) is 6.28. The number of carbonyl (C=O) groups is 1. The first-order valence-electron chi connectivity index (χ1n) is 7.70. The Morgan fingerprint density at radius 2 is 1.95 bits per heavy atom. The lowest BCUT2D eigenvalue weighted by Crippen LogP contribution is -2.55. The molecule has 1 aromatic heterocycles. The minimum Gasteiger partial charge on any atom is -0.336 e. The zero-order valence-corrected chi connectivity index (χ0v) is 13.0. The molecule has 1 fully saturated rings. The van der Waals surface area contributed by atoms with Crippen LogP contribution in [-0.2, 0) is 4.79 Å². The monoisotopic (exact) mass is 295 g/mol. The van der Waals surface area contributed by atoms with Crippen LogP contribution >= 0.6 is 0 Å². The molecule has 0 bridgehead atoms. The third kappa shape index (κ3) is 3.17. The van der Waals surface area contributed by atoms with Crippen LogP contribution in [0.2, 0.25) is 0 Å². The highest BCUT2D eigenvalue weighted by Gasteiger charge is 2.23. The molecule has 1 aromatic carbocycles. The van der Waals surface area contributed by atoms with Crippen molar-refractivity contribution < 1.29 is 4.79 Å². The molecule has 0 saturated carbocycles. The number of carbonyl (C=O) groups excluding carboxylic acids is 1. The molecule has 2 atom stereocenters. The van der Waals surface area contributed by atoms with Crippen molar-refractivity contribution in [1.29, 1.82) is 0 Å². The molecule has 3 rings (SSSR count). The standard InChI is InChI=1S/C18H21N3O/c1-13-11-21(12-14(2)20-13)17(22)9-8-16-6-3-5-15-7-4-10-19-18(15)16/h3-10,13-14,20H,11-12H2,1-2H3. The highest BCUT2D eigenvalue weighted by Crippen LogP contribution is 2.17. The van der Waals surface area contributed by atoms with E-state index in [-0.39, 0.29) is 5.91 Å². The van der Waals surface area contributed by atoms with Gasteiger partial charge < -0.3 is 10.2 Å². The molecule has 1 aliphatic heterocycles. The maximum atomic E-state index is 12.4. The van der Waals surface area contributed by atoms with Crippen LogP contribution in [-0.4, -0.2) is 41.0 Å². The topological polar surface area (TPSA) is 45.2 Å². The molecule has 2 aromatic rings. The van der Waals surface area contributed by atoms with E-state index < -0.39 is 0 Å². The number of amides is 1. The lowest BCUT2D eigenvalue weighted by atomic mass is 10.1. The van der Waals surface area contributed by atoms with Crippen molar-refractivity contribution in [1.82, 2.24) is 15.2 Å². The second-order valence-corrected chi connectivity index (χ2v) is 5.97. The molecule has 1 saturated heterocycles. The van der Waals surface area contributed by atoms with Gasteiger partial charge in [0.1, 0.15) is 0 Å². The van der Waals surface area contributed by atoms with Crippen LogP contribution in [0, 0.1) is 0 Å². The maximum Gasteiger partial charge on any atom is 0.246 e. The SMILES string of the molecule is CC1CN(C(=O)C=Cc2cccc3cccnc23)CC(C)N1. The van der Waals surface area contributed by atoms with Gasteiger partial charge in [-0.3, -0.25) is 9.78 Å². The Labute approximate surface area is 130 Å². The van der Waals surface area contributed by atoms with Crippen molar-refractivity contribution in [2.24, 2.45) is 0 Å². The Bertz CT molecular complexity index is 695. The summed E-state index contributed by atoms with van der Waals surface area (Å²) in [5, 5.41) is 4.52. The van der Waals surface area contributed by atoms with Crippen molar-refractivity contribution in [3.05, 3.63) is 48.2 Å². The molecule has 4 nitrogen and oxygen atoms in total. The average Bonchev–Trinajstić information content (AvgIpc) is 2.51. The van der Waals surface area contributed by atoms with Crippen LogP contribution in [0.1, 0.15) is 19.4 Å². The van der Waals surface area contributed by atoms with Crippen molar-refractivity contribution in [3.8, 4) is 0 Å². The fourth-order valence-corrected chi connectivity index (χ4v) is 3.04. The van der Waals surface area contributed by atoms with E-state index >= 15 is 0 Å². The molecule has 2 heterocycles. The number of piperazine rings is 1. The molecule has 0 spiro atoms. The third-order valence-corrected chi connectivity index (χ3v) is 3.94. The third-order valence-electron chi connectivity index (χ3n) is 3.94. The van der Waals surface area contributed by atoms with Crippen molar-refractivity contribution in [3.63, 3.8) is 0 Å². The zero-order valence-electron chi connectivity index (χ0n) is 13.0. The Morgan fingerprint density at radius 1 is 1.23 bits per heavy atom. The van der Waals surface area contributed by atoms with Crippen LogP contribution < -0.4 is 5.32 Å². The first kappa shape index (κ1) is 14.7. The van der Waals surface area contributed by atoms with E-state index in [4.69, 9.17) is 0 Å². The van der Waals surface area contributed by atoms with E-state index in [1.54, 1.807) is 12.3 Å². The normalized spacial score (nSPS) is 22.4. The maximum absolute atomic E-state index is 12.4. The molecule has 22 heavy (non-hydrogen) atoms. The highest BCUT2D eigenvalue weighted by molar-refractivity contribution is 5.95. The summed E-state index contributed by atoms with van der Waals surface area (Å²) in [4.78, 5) is 18.7. The summed E-state index contributed by atoms with van der Waals surface area (Å²) in [6.07, 6.45) is 5.31. The molecular formula is C18H21N3O. The van der Waals surface area contributed by atoms with Gasteiger partial charge >= 0.3 is 0 Å². The molecule has 0 radical (unpaired) electrons. The number of nitrogens with zero attached hydrogens (tertiary/aromatic N) is 2. The molecule has 1 aliphatic rings. The fraction of sp³-hybridized carbons (Fsp3) is 0.333. The van der Waals surface area contributed by atoms with Gasteiger partial charge in [0.2, 0.25) is 5.91 Å². The van der Waals surface area contributed by atoms with Gasteiger partial charge in [0.25, 0.3) is 0 Å². The predicted molar refractivity (Wildman–Crippen MR) is 89.4 cm³/mol. The summed E-state index contributed by atoms with van der Waals surface area (Å²) >= 11 is 0. The summed E-state index contributed by atoms with van der Waals surface area (Å²) in [6, 6.07) is 10.6. The molecule has 1 N–H and O–H groups in total. The number of benzene rings is 1. The summed E-state index contributed by atoms with van der Waals surface area (Å²) in [5.41, 5.74) is 1.90. The number of rotatable bonds is 2. The fourth-order valence-electron chi connectivity index (χ4n) is 3.04. The van der Waals surface area contributed by atoms with Gasteiger partial charge in [-0.1, -0.05) is 24.3 Å². The molecule has 2 unspecified atom stereocenters. The van der Waals surface area contributed by atoms with E-state index in [1.165, 1.54) is 0 Å². The molecule has 0 aliphatic carbocycles. The van der Waals surface area contributed by atoms with E-state index in [0.717, 1.165) is 29.6 Å². The first-order valence-corrected chi connectivity index (χ1v) is 7.70. The number of fused-ring (bicyclic) bond motifs is 1. The van der Waals surface area contributed by atoms with E-state index in [9.17, 15) is 4.79 Å².